The second-order valence-corrected chi connectivity index (χ2v) is 10.6. The zero-order chi connectivity index (χ0) is 33.7. The highest BCUT2D eigenvalue weighted by atomic mass is 16.5. The molecule has 1 aliphatic rings. The summed E-state index contributed by atoms with van der Waals surface area (Å²) in [6.07, 6.45) is 5.06. The molecule has 0 aliphatic carbocycles. The third-order valence-corrected chi connectivity index (χ3v) is 7.71. The molecular formula is C32H35N5O10. The Morgan fingerprint density at radius 1 is 1.02 bits per heavy atom. The van der Waals surface area contributed by atoms with Crippen LogP contribution in [0, 0.1) is 6.92 Å². The van der Waals surface area contributed by atoms with E-state index in [1.807, 2.05) is 0 Å². The molecule has 0 unspecified atom stereocenters. The van der Waals surface area contributed by atoms with Crippen LogP contribution in [0.2, 0.25) is 0 Å². The molecule has 2 aromatic heterocycles. The second kappa shape index (κ2) is 14.3. The summed E-state index contributed by atoms with van der Waals surface area (Å²) >= 11 is 0. The first-order valence-electron chi connectivity index (χ1n) is 14.5. The van der Waals surface area contributed by atoms with Gasteiger partial charge >= 0.3 is 5.69 Å². The Balaban J connectivity index is 1.26. The topological polar surface area (TPSA) is 178 Å². The summed E-state index contributed by atoms with van der Waals surface area (Å²) in [4.78, 5) is 39.5. The Hall–Kier alpha value is -5.41. The van der Waals surface area contributed by atoms with E-state index in [2.05, 4.69) is 15.3 Å². The van der Waals surface area contributed by atoms with E-state index in [0.717, 1.165) is 0 Å². The van der Waals surface area contributed by atoms with Gasteiger partial charge in [0.2, 0.25) is 5.75 Å². The largest absolute Gasteiger partial charge is 0.493 e. The molecule has 3 heterocycles. The Bertz CT molecular complexity index is 1900. The number of nitrogens with one attached hydrogen (secondary N) is 1. The van der Waals surface area contributed by atoms with Gasteiger partial charge in [0, 0.05) is 29.3 Å². The summed E-state index contributed by atoms with van der Waals surface area (Å²) in [6.45, 7) is 1.30. The van der Waals surface area contributed by atoms with Crippen molar-refractivity contribution in [2.45, 2.75) is 38.3 Å². The lowest BCUT2D eigenvalue weighted by atomic mass is 10.1. The number of ketones is 1. The molecule has 15 nitrogen and oxygen atoms in total. The minimum Gasteiger partial charge on any atom is -0.493 e. The number of aromatic amines is 1. The first-order chi connectivity index (χ1) is 22.7. The highest BCUT2D eigenvalue weighted by Crippen LogP contribution is 2.40. The van der Waals surface area contributed by atoms with Crippen LogP contribution < -0.4 is 34.9 Å². The van der Waals surface area contributed by atoms with Gasteiger partial charge < -0.3 is 33.5 Å². The maximum atomic E-state index is 13.0. The molecule has 0 radical (unpaired) electrons. The van der Waals surface area contributed by atoms with E-state index in [-0.39, 0.29) is 19.0 Å². The van der Waals surface area contributed by atoms with Gasteiger partial charge in [-0.3, -0.25) is 19.1 Å². The van der Waals surface area contributed by atoms with E-state index in [1.165, 1.54) is 45.3 Å². The van der Waals surface area contributed by atoms with Gasteiger partial charge in [-0.1, -0.05) is 5.21 Å². The van der Waals surface area contributed by atoms with Gasteiger partial charge in [-0.15, -0.1) is 5.10 Å². The van der Waals surface area contributed by atoms with Crippen molar-refractivity contribution >= 4 is 11.9 Å². The molecule has 1 fully saturated rings. The fourth-order valence-electron chi connectivity index (χ4n) is 5.28. The van der Waals surface area contributed by atoms with Crippen molar-refractivity contribution in [3.63, 3.8) is 0 Å². The van der Waals surface area contributed by atoms with E-state index < -0.39 is 29.6 Å². The highest BCUT2D eigenvalue weighted by Gasteiger charge is 2.38. The smallest absolute Gasteiger partial charge is 0.330 e. The van der Waals surface area contributed by atoms with Crippen LogP contribution in [0.15, 0.2) is 58.4 Å². The molecule has 5 rings (SSSR count). The second-order valence-electron chi connectivity index (χ2n) is 10.6. The molecule has 0 amide bonds. The molecule has 0 spiro atoms. The summed E-state index contributed by atoms with van der Waals surface area (Å²) < 4.78 is 36.4. The number of hydrogen-bond donors (Lipinski definition) is 2. The number of hydrogen-bond acceptors (Lipinski definition) is 12. The number of nitrogens with zero attached hydrogens (tertiary/aromatic N) is 4. The minimum atomic E-state index is -0.717. The fourth-order valence-corrected chi connectivity index (χ4v) is 5.28. The van der Waals surface area contributed by atoms with Crippen LogP contribution in [-0.4, -0.2) is 76.6 Å². The predicted molar refractivity (Wildman–Crippen MR) is 168 cm³/mol. The number of aromatic nitrogens is 5. The van der Waals surface area contributed by atoms with Crippen LogP contribution in [0.1, 0.15) is 45.9 Å². The van der Waals surface area contributed by atoms with Crippen LogP contribution >= 0.6 is 0 Å². The maximum absolute atomic E-state index is 13.0. The molecule has 1 aliphatic heterocycles. The number of H-pyrrole nitrogens is 1. The lowest BCUT2D eigenvalue weighted by Crippen LogP contribution is -2.33. The number of allylic oxidation sites excluding steroid dienone is 1. The minimum absolute atomic E-state index is 0.0298. The average molecular weight is 650 g/mol. The van der Waals surface area contributed by atoms with Crippen molar-refractivity contribution in [2.75, 3.05) is 35.0 Å². The molecule has 47 heavy (non-hydrogen) atoms. The van der Waals surface area contributed by atoms with Crippen molar-refractivity contribution in [3.8, 4) is 28.7 Å². The molecule has 248 valence electrons. The first kappa shape index (κ1) is 33.0. The highest BCUT2D eigenvalue weighted by molar-refractivity contribution is 6.07. The third-order valence-electron chi connectivity index (χ3n) is 7.71. The molecule has 15 heteroatoms. The zero-order valence-electron chi connectivity index (χ0n) is 26.5. The van der Waals surface area contributed by atoms with Crippen LogP contribution in [0.5, 0.6) is 28.7 Å². The van der Waals surface area contributed by atoms with Crippen LogP contribution in [0.25, 0.3) is 6.08 Å². The first-order valence-corrected chi connectivity index (χ1v) is 14.5. The number of benzene rings is 2. The lowest BCUT2D eigenvalue weighted by Gasteiger charge is -2.15. The third kappa shape index (κ3) is 6.90. The molecule has 0 saturated carbocycles. The molecule has 2 N–H and O–H groups in total. The normalized spacial score (nSPS) is 17.5. The Morgan fingerprint density at radius 3 is 2.47 bits per heavy atom. The van der Waals surface area contributed by atoms with E-state index in [4.69, 9.17) is 28.4 Å². The summed E-state index contributed by atoms with van der Waals surface area (Å²) in [5, 5.41) is 18.3. The quantitative estimate of drug-likeness (QED) is 0.160. The predicted octanol–water partition coefficient (Wildman–Crippen LogP) is 2.47. The van der Waals surface area contributed by atoms with E-state index in [0.29, 0.717) is 57.6 Å². The maximum Gasteiger partial charge on any atom is 0.330 e. The van der Waals surface area contributed by atoms with E-state index >= 15 is 0 Å². The molecule has 1 saturated heterocycles. The number of aliphatic hydroxyl groups excluding tert-OH is 1. The number of aryl methyl sites for hydroxylation is 1. The number of aliphatic hydroxyl groups is 1. The molecule has 3 atom stereocenters. The summed E-state index contributed by atoms with van der Waals surface area (Å²) in [5.74, 6) is 1.80. The van der Waals surface area contributed by atoms with Crippen molar-refractivity contribution in [2.24, 2.45) is 0 Å². The number of carbonyl (C=O) groups is 1. The van der Waals surface area contributed by atoms with Gasteiger partial charge in [0.25, 0.3) is 5.56 Å². The Morgan fingerprint density at radius 2 is 1.77 bits per heavy atom. The van der Waals surface area contributed by atoms with E-state index in [1.54, 1.807) is 54.2 Å². The summed E-state index contributed by atoms with van der Waals surface area (Å²) in [6, 6.07) is 7.87. The van der Waals surface area contributed by atoms with Crippen molar-refractivity contribution in [3.05, 3.63) is 92.0 Å². The van der Waals surface area contributed by atoms with Crippen molar-refractivity contribution < 1.29 is 38.3 Å². The standard InChI is InChI=1S/C32H35N5O10/c1-18-14-36(32(41)33-31(18)40)28-13-22(27(16-38)47-28)37-15-21(34-35-37)17-46-24-10-8-20(12-26(24)43-3)23(39)9-6-19-7-11-25(42-2)30(45-5)29(19)44-4/h6-12,14-15,22,27-28,38H,13,16-17H2,1-5H3,(H,33,40,41)/b9-6+/t22-,27+,28+/m0/s1. The van der Waals surface area contributed by atoms with Crippen molar-refractivity contribution in [1.29, 1.82) is 0 Å². The molecular weight excluding hydrogens is 614 g/mol. The lowest BCUT2D eigenvalue weighted by molar-refractivity contribution is -0.0323. The number of ether oxygens (including phenoxy) is 6. The van der Waals surface area contributed by atoms with Crippen molar-refractivity contribution in [1.82, 2.24) is 24.5 Å². The van der Waals surface area contributed by atoms with Gasteiger partial charge in [-0.25, -0.2) is 9.48 Å². The van der Waals surface area contributed by atoms with Crippen LogP contribution in [0.4, 0.5) is 0 Å². The average Bonchev–Trinajstić information content (AvgIpc) is 3.74. The van der Waals surface area contributed by atoms with Gasteiger partial charge in [0.1, 0.15) is 24.6 Å². The zero-order valence-corrected chi connectivity index (χ0v) is 26.5. The van der Waals surface area contributed by atoms with E-state index in [9.17, 15) is 19.5 Å². The van der Waals surface area contributed by atoms with Gasteiger partial charge in [0.15, 0.2) is 28.8 Å². The van der Waals surface area contributed by atoms with Gasteiger partial charge in [-0.2, -0.15) is 0 Å². The van der Waals surface area contributed by atoms with Crippen LogP contribution in [0.3, 0.4) is 0 Å². The SMILES string of the molecule is COc1cc(C(=O)/C=C/c2ccc(OC)c(OC)c2OC)ccc1OCc1cn([C@H]2C[C@H](n3cc(C)c(=O)[nH]c3=O)O[C@@H]2CO)nn1. The molecule has 0 bridgehead atoms. The molecule has 4 aromatic rings. The van der Waals surface area contributed by atoms with Crippen LogP contribution in [-0.2, 0) is 11.3 Å². The Labute approximate surface area is 268 Å². The Kier molecular flexibility index (Phi) is 10.1. The number of methoxy groups -OCH3 is 4. The van der Waals surface area contributed by atoms with Gasteiger partial charge in [0.05, 0.1) is 47.3 Å². The summed E-state index contributed by atoms with van der Waals surface area (Å²) in [7, 11) is 6.01. The number of rotatable bonds is 13. The fraction of sp³-hybridized carbons (Fsp3) is 0.344. The van der Waals surface area contributed by atoms with Gasteiger partial charge in [-0.05, 0) is 49.4 Å². The monoisotopic (exact) mass is 649 g/mol. The molecule has 2 aromatic carbocycles. The number of carbonyl (C=O) groups excluding carboxylic acids is 1. The summed E-state index contributed by atoms with van der Waals surface area (Å²) in [5.41, 5.74) is 0.768.